The first-order valence-corrected chi connectivity index (χ1v) is 9.33. The van der Waals surface area contributed by atoms with Crippen LogP contribution in [0.25, 0.3) is 0 Å². The zero-order valence-electron chi connectivity index (χ0n) is 14.8. The molecule has 1 aromatic carbocycles. The first-order valence-electron chi connectivity index (χ1n) is 8.96. The number of rotatable bonds is 6. The van der Waals surface area contributed by atoms with Crippen molar-refractivity contribution in [2.45, 2.75) is 32.5 Å². The molecule has 3 heterocycles. The molecule has 2 aromatic heterocycles. The van der Waals surface area contributed by atoms with Gasteiger partial charge in [0.2, 0.25) is 0 Å². The second-order valence-electron chi connectivity index (χ2n) is 6.50. The number of fused-ring (bicyclic) bond motifs is 1. The molecule has 0 saturated heterocycles. The van der Waals surface area contributed by atoms with Gasteiger partial charge in [-0.3, -0.25) is 14.5 Å². The summed E-state index contributed by atoms with van der Waals surface area (Å²) in [5.74, 6) is -0.216. The van der Waals surface area contributed by atoms with Crippen molar-refractivity contribution < 1.29 is 4.79 Å². The Bertz CT molecular complexity index is 954. The number of aromatic nitrogens is 3. The van der Waals surface area contributed by atoms with Gasteiger partial charge in [-0.15, -0.1) is 0 Å². The molecule has 0 aliphatic carbocycles. The predicted octanol–water partition coefficient (Wildman–Crippen LogP) is 3.42. The van der Waals surface area contributed by atoms with Gasteiger partial charge in [-0.25, -0.2) is 0 Å². The van der Waals surface area contributed by atoms with Crippen LogP contribution in [0, 0.1) is 0 Å². The van der Waals surface area contributed by atoms with E-state index >= 15 is 0 Å². The van der Waals surface area contributed by atoms with Crippen LogP contribution in [0.1, 0.15) is 33.7 Å². The van der Waals surface area contributed by atoms with E-state index in [4.69, 9.17) is 11.6 Å². The average molecular weight is 382 g/mol. The summed E-state index contributed by atoms with van der Waals surface area (Å²) in [6.45, 7) is 2.06. The lowest BCUT2D eigenvalue weighted by atomic mass is 10.1. The van der Waals surface area contributed by atoms with Gasteiger partial charge in [0.05, 0.1) is 29.0 Å². The zero-order valence-corrected chi connectivity index (χ0v) is 15.5. The van der Waals surface area contributed by atoms with Gasteiger partial charge in [0, 0.05) is 36.2 Å². The van der Waals surface area contributed by atoms with Crippen molar-refractivity contribution in [3.8, 4) is 0 Å². The monoisotopic (exact) mass is 381 g/mol. The van der Waals surface area contributed by atoms with Gasteiger partial charge >= 0.3 is 0 Å². The van der Waals surface area contributed by atoms with Crippen molar-refractivity contribution in [2.75, 3.05) is 5.32 Å². The second kappa shape index (κ2) is 7.80. The Morgan fingerprint density at radius 3 is 2.96 bits per heavy atom. The van der Waals surface area contributed by atoms with E-state index in [-0.39, 0.29) is 5.91 Å². The highest BCUT2D eigenvalue weighted by atomic mass is 35.5. The van der Waals surface area contributed by atoms with Crippen LogP contribution in [-0.4, -0.2) is 20.7 Å². The minimum Gasteiger partial charge on any atom is -0.381 e. The number of nitrogens with zero attached hydrogens (tertiary/aromatic N) is 3. The van der Waals surface area contributed by atoms with Gasteiger partial charge in [-0.1, -0.05) is 17.7 Å². The van der Waals surface area contributed by atoms with Gasteiger partial charge in [0.25, 0.3) is 5.91 Å². The molecule has 2 N–H and O–H groups in total. The second-order valence-corrected chi connectivity index (χ2v) is 6.90. The SMILES string of the molecule is O=C(NCc1ccccn1)c1ccc(NCc2cnn3c2CCC3)cc1Cl. The van der Waals surface area contributed by atoms with Crippen molar-refractivity contribution in [1.29, 1.82) is 0 Å². The number of amides is 1. The Kier molecular flexibility index (Phi) is 5.07. The van der Waals surface area contributed by atoms with Crippen molar-refractivity contribution in [3.05, 3.63) is 76.3 Å². The van der Waals surface area contributed by atoms with Crippen LogP contribution in [0.4, 0.5) is 5.69 Å². The van der Waals surface area contributed by atoms with E-state index in [0.29, 0.717) is 23.7 Å². The molecule has 0 bridgehead atoms. The Labute approximate surface area is 162 Å². The lowest BCUT2D eigenvalue weighted by Crippen LogP contribution is -2.23. The summed E-state index contributed by atoms with van der Waals surface area (Å²) in [7, 11) is 0. The van der Waals surface area contributed by atoms with E-state index in [0.717, 1.165) is 30.8 Å². The first kappa shape index (κ1) is 17.5. The van der Waals surface area contributed by atoms with Gasteiger partial charge < -0.3 is 10.6 Å². The lowest BCUT2D eigenvalue weighted by molar-refractivity contribution is 0.0950. The third-order valence-corrected chi connectivity index (χ3v) is 4.98. The molecule has 6 nitrogen and oxygen atoms in total. The van der Waals surface area contributed by atoms with Crippen LogP contribution in [0.5, 0.6) is 0 Å². The molecule has 1 amide bonds. The van der Waals surface area contributed by atoms with E-state index in [1.54, 1.807) is 18.3 Å². The van der Waals surface area contributed by atoms with Crippen molar-refractivity contribution >= 4 is 23.2 Å². The van der Waals surface area contributed by atoms with E-state index in [9.17, 15) is 4.79 Å². The topological polar surface area (TPSA) is 71.8 Å². The maximum absolute atomic E-state index is 12.4. The highest BCUT2D eigenvalue weighted by molar-refractivity contribution is 6.34. The number of pyridine rings is 1. The maximum Gasteiger partial charge on any atom is 0.253 e. The van der Waals surface area contributed by atoms with E-state index < -0.39 is 0 Å². The van der Waals surface area contributed by atoms with Gasteiger partial charge in [-0.2, -0.15) is 5.10 Å². The Morgan fingerprint density at radius 2 is 2.15 bits per heavy atom. The fraction of sp³-hybridized carbons (Fsp3) is 0.250. The molecule has 1 aliphatic heterocycles. The molecule has 138 valence electrons. The number of hydrogen-bond acceptors (Lipinski definition) is 4. The zero-order chi connectivity index (χ0) is 18.6. The summed E-state index contributed by atoms with van der Waals surface area (Å²) in [6.07, 6.45) is 5.85. The summed E-state index contributed by atoms with van der Waals surface area (Å²) in [6, 6.07) is 11.0. The number of carbonyl (C=O) groups excluding carboxylic acids is 1. The molecule has 0 radical (unpaired) electrons. The van der Waals surface area contributed by atoms with Gasteiger partial charge in [0.1, 0.15) is 0 Å². The van der Waals surface area contributed by atoms with E-state index in [2.05, 4.69) is 25.4 Å². The van der Waals surface area contributed by atoms with Gasteiger partial charge in [-0.05, 0) is 43.2 Å². The van der Waals surface area contributed by atoms with Crippen LogP contribution in [0.3, 0.4) is 0 Å². The molecule has 7 heteroatoms. The number of benzene rings is 1. The number of hydrogen-bond donors (Lipinski definition) is 2. The number of nitrogens with one attached hydrogen (secondary N) is 2. The molecule has 3 aromatic rings. The fourth-order valence-electron chi connectivity index (χ4n) is 3.25. The summed E-state index contributed by atoms with van der Waals surface area (Å²) >= 11 is 6.33. The third-order valence-electron chi connectivity index (χ3n) is 4.67. The van der Waals surface area contributed by atoms with E-state index in [1.165, 1.54) is 11.3 Å². The van der Waals surface area contributed by atoms with Crippen molar-refractivity contribution in [1.82, 2.24) is 20.1 Å². The summed E-state index contributed by atoms with van der Waals surface area (Å²) in [5, 5.41) is 11.0. The number of halogens is 1. The van der Waals surface area contributed by atoms with Crippen LogP contribution in [-0.2, 0) is 26.1 Å². The number of carbonyl (C=O) groups is 1. The van der Waals surface area contributed by atoms with Crippen LogP contribution < -0.4 is 10.6 Å². The normalized spacial score (nSPS) is 12.6. The quantitative estimate of drug-likeness (QED) is 0.686. The summed E-state index contributed by atoms with van der Waals surface area (Å²) < 4.78 is 2.07. The van der Waals surface area contributed by atoms with Crippen LogP contribution in [0.2, 0.25) is 5.02 Å². The van der Waals surface area contributed by atoms with Crippen LogP contribution >= 0.6 is 11.6 Å². The molecule has 0 fully saturated rings. The average Bonchev–Trinajstić information content (AvgIpc) is 3.29. The lowest BCUT2D eigenvalue weighted by Gasteiger charge is -2.10. The molecule has 27 heavy (non-hydrogen) atoms. The van der Waals surface area contributed by atoms with Gasteiger partial charge in [0.15, 0.2) is 0 Å². The minimum absolute atomic E-state index is 0.216. The largest absolute Gasteiger partial charge is 0.381 e. The molecule has 0 saturated carbocycles. The first-order chi connectivity index (χ1) is 13.2. The molecule has 1 aliphatic rings. The third kappa shape index (κ3) is 3.95. The summed E-state index contributed by atoms with van der Waals surface area (Å²) in [4.78, 5) is 16.6. The Morgan fingerprint density at radius 1 is 1.22 bits per heavy atom. The van der Waals surface area contributed by atoms with Crippen molar-refractivity contribution in [3.63, 3.8) is 0 Å². The molecule has 0 atom stereocenters. The van der Waals surface area contributed by atoms with E-state index in [1.807, 2.05) is 30.5 Å². The number of anilines is 1. The highest BCUT2D eigenvalue weighted by Gasteiger charge is 2.16. The smallest absolute Gasteiger partial charge is 0.253 e. The maximum atomic E-state index is 12.4. The Hall–Kier alpha value is -2.86. The molecule has 0 spiro atoms. The molecular weight excluding hydrogens is 362 g/mol. The minimum atomic E-state index is -0.216. The van der Waals surface area contributed by atoms with Crippen LogP contribution in [0.15, 0.2) is 48.8 Å². The molecular formula is C20H20ClN5O. The predicted molar refractivity (Wildman–Crippen MR) is 105 cm³/mol. The standard InChI is InChI=1S/C20H20ClN5O/c21-18-10-15(23-11-14-12-25-26-9-3-5-19(14)26)6-7-17(18)20(27)24-13-16-4-1-2-8-22-16/h1-2,4,6-8,10,12,23H,3,5,9,11,13H2,(H,24,27). The highest BCUT2D eigenvalue weighted by Crippen LogP contribution is 2.23. The Balaban J connectivity index is 1.37. The fourth-order valence-corrected chi connectivity index (χ4v) is 3.52. The molecule has 0 unspecified atom stereocenters. The molecule has 4 rings (SSSR count). The number of aryl methyl sites for hydroxylation is 1. The summed E-state index contributed by atoms with van der Waals surface area (Å²) in [5.41, 5.74) is 4.64. The van der Waals surface area contributed by atoms with Crippen molar-refractivity contribution in [2.24, 2.45) is 0 Å².